The minimum absolute atomic E-state index is 0.0451. The molecule has 1 aromatic rings. The molecule has 10 heteroatoms. The van der Waals surface area contributed by atoms with Gasteiger partial charge in [-0.15, -0.1) is 0 Å². The van der Waals surface area contributed by atoms with Gasteiger partial charge in [-0.05, 0) is 0 Å². The van der Waals surface area contributed by atoms with Gasteiger partial charge in [0.15, 0.2) is 0 Å². The first-order valence-electron chi connectivity index (χ1n) is 9.03. The molecule has 1 heterocycles. The van der Waals surface area contributed by atoms with Crippen LogP contribution in [0.1, 0.15) is 25.8 Å². The van der Waals surface area contributed by atoms with Crippen molar-refractivity contribution in [1.29, 1.82) is 0 Å². The predicted octanol–water partition coefficient (Wildman–Crippen LogP) is 1.48. The van der Waals surface area contributed by atoms with E-state index >= 15 is 0 Å². The monoisotopic (exact) mass is 418 g/mol. The van der Waals surface area contributed by atoms with Crippen LogP contribution in [0.25, 0.3) is 0 Å². The Morgan fingerprint density at radius 3 is 2.64 bits per heavy atom. The fraction of sp³-hybridized carbons (Fsp3) is 0.556. The second-order valence-corrected chi connectivity index (χ2v) is 9.32. The van der Waals surface area contributed by atoms with Crippen molar-refractivity contribution in [1.82, 2.24) is 10.4 Å². The molecule has 0 bridgehead atoms. The van der Waals surface area contributed by atoms with E-state index in [0.29, 0.717) is 13.0 Å². The number of rotatable bonds is 8. The van der Waals surface area contributed by atoms with E-state index in [1.807, 2.05) is 0 Å². The summed E-state index contributed by atoms with van der Waals surface area (Å²) in [7, 11) is -2.48. The second-order valence-electron chi connectivity index (χ2n) is 7.28. The van der Waals surface area contributed by atoms with E-state index in [0.717, 1.165) is 5.56 Å². The number of hydrogen-bond donors (Lipinski definition) is 3. The third-order valence-electron chi connectivity index (χ3n) is 4.40. The quantitative estimate of drug-likeness (QED) is 0.434. The number of ether oxygens (including phenoxy) is 1. The summed E-state index contributed by atoms with van der Waals surface area (Å²) in [6, 6.07) is 6.05. The Balaban J connectivity index is 1.90. The third-order valence-corrected chi connectivity index (χ3v) is 6.18. The average Bonchev–Trinajstić information content (AvgIpc) is 2.65. The molecule has 0 saturated carbocycles. The van der Waals surface area contributed by atoms with Gasteiger partial charge in [0.2, 0.25) is 0 Å². The molecule has 0 unspecified atom stereocenters. The Kier molecular flexibility index (Phi) is 7.86. The van der Waals surface area contributed by atoms with Crippen molar-refractivity contribution < 1.29 is 32.7 Å². The number of benzene rings is 1. The first kappa shape index (κ1) is 22.6. The fourth-order valence-corrected chi connectivity index (χ4v) is 4.72. The number of esters is 1. The van der Waals surface area contributed by atoms with Crippen LogP contribution in [0.3, 0.4) is 0 Å². The standard InChI is InChI=1S/C18H28FN2O6P/c1-18(2)12-26-28(24,21-11-8-13-4-6-14(19)7-5-13)27-16(18)17(23)20-10-9-15(22)25-3/h4-7,16,21,24,28H,8-12H2,1-3H3,(H,20,23)/t16-/m0/s1. The minimum atomic E-state index is -3.76. The van der Waals surface area contributed by atoms with Crippen LogP contribution in [-0.2, 0) is 29.8 Å². The molecule has 1 aromatic carbocycles. The van der Waals surface area contributed by atoms with Crippen molar-refractivity contribution in [3.05, 3.63) is 35.6 Å². The van der Waals surface area contributed by atoms with Gasteiger partial charge in [0.05, 0.1) is 0 Å². The molecule has 1 fully saturated rings. The molecular weight excluding hydrogens is 390 g/mol. The molecule has 1 amide bonds. The maximum atomic E-state index is 13.0. The number of halogens is 1. The molecule has 1 aliphatic heterocycles. The van der Waals surface area contributed by atoms with E-state index in [9.17, 15) is 18.9 Å². The van der Waals surface area contributed by atoms with Gasteiger partial charge in [-0.25, -0.2) is 0 Å². The van der Waals surface area contributed by atoms with E-state index in [2.05, 4.69) is 15.1 Å². The Bertz CT molecular complexity index is 687. The second kappa shape index (κ2) is 9.71. The third kappa shape index (κ3) is 6.46. The molecule has 158 valence electrons. The summed E-state index contributed by atoms with van der Waals surface area (Å²) in [4.78, 5) is 34.3. The van der Waals surface area contributed by atoms with Crippen LogP contribution in [0, 0.1) is 11.2 Å². The molecule has 0 spiro atoms. The van der Waals surface area contributed by atoms with Gasteiger partial charge in [-0.1, -0.05) is 0 Å². The SMILES string of the molecule is COC(=O)CCNC(=O)[C@@H]1O[PH](O)(NCCc2ccc(F)cc2)OCC1(C)C. The van der Waals surface area contributed by atoms with E-state index in [1.165, 1.54) is 19.2 Å². The summed E-state index contributed by atoms with van der Waals surface area (Å²) in [5, 5.41) is 5.50. The maximum absolute atomic E-state index is 13.0. The van der Waals surface area contributed by atoms with E-state index in [-0.39, 0.29) is 25.4 Å². The molecule has 0 aliphatic carbocycles. The van der Waals surface area contributed by atoms with Gasteiger partial charge in [0.1, 0.15) is 0 Å². The van der Waals surface area contributed by atoms with Gasteiger partial charge in [-0.2, -0.15) is 0 Å². The molecule has 0 aromatic heterocycles. The van der Waals surface area contributed by atoms with Gasteiger partial charge in [0, 0.05) is 0 Å². The van der Waals surface area contributed by atoms with E-state index < -0.39 is 31.5 Å². The van der Waals surface area contributed by atoms with Gasteiger partial charge in [0.25, 0.3) is 0 Å². The predicted molar refractivity (Wildman–Crippen MR) is 103 cm³/mol. The van der Waals surface area contributed by atoms with Crippen molar-refractivity contribution in [2.75, 3.05) is 26.8 Å². The normalized spacial score (nSPS) is 21.5. The number of hydrogen-bond acceptors (Lipinski definition) is 7. The van der Waals surface area contributed by atoms with Gasteiger partial charge in [-0.3, -0.25) is 0 Å². The molecular formula is C18H28FN2O6P. The van der Waals surface area contributed by atoms with Crippen molar-refractivity contribution in [3.63, 3.8) is 0 Å². The van der Waals surface area contributed by atoms with Crippen LogP contribution in [0.15, 0.2) is 24.3 Å². The Hall–Kier alpha value is -1.64. The van der Waals surface area contributed by atoms with Crippen molar-refractivity contribution >= 4 is 20.0 Å². The summed E-state index contributed by atoms with van der Waals surface area (Å²) in [5.41, 5.74) is 0.229. The number of amides is 1. The van der Waals surface area contributed by atoms with Crippen molar-refractivity contribution in [2.45, 2.75) is 32.8 Å². The summed E-state index contributed by atoms with van der Waals surface area (Å²) in [6.07, 6.45) is -0.362. The molecule has 3 N–H and O–H groups in total. The van der Waals surface area contributed by atoms with E-state index in [4.69, 9.17) is 9.05 Å². The first-order chi connectivity index (χ1) is 13.1. The first-order valence-corrected chi connectivity index (χ1v) is 10.8. The Labute approximate surface area is 164 Å². The molecule has 2 rings (SSSR count). The number of methoxy groups -OCH3 is 1. The van der Waals surface area contributed by atoms with Crippen molar-refractivity contribution in [3.8, 4) is 0 Å². The van der Waals surface area contributed by atoms with Crippen LogP contribution in [0.5, 0.6) is 0 Å². The Morgan fingerprint density at radius 2 is 2.00 bits per heavy atom. The molecule has 1 saturated heterocycles. The topological polar surface area (TPSA) is 106 Å². The van der Waals surface area contributed by atoms with E-state index in [1.54, 1.807) is 26.0 Å². The van der Waals surface area contributed by atoms with Crippen LogP contribution in [0.2, 0.25) is 0 Å². The van der Waals surface area contributed by atoms with Crippen molar-refractivity contribution in [2.24, 2.45) is 5.41 Å². The zero-order chi connectivity index (χ0) is 20.8. The summed E-state index contributed by atoms with van der Waals surface area (Å²) in [5.74, 6) is -1.17. The van der Waals surface area contributed by atoms with Gasteiger partial charge >= 0.3 is 164 Å². The van der Waals surface area contributed by atoms with Gasteiger partial charge < -0.3 is 0 Å². The Morgan fingerprint density at radius 1 is 1.32 bits per heavy atom. The average molecular weight is 418 g/mol. The van der Waals surface area contributed by atoms with Crippen LogP contribution >= 0.6 is 8.09 Å². The van der Waals surface area contributed by atoms with Crippen LogP contribution in [-0.4, -0.2) is 49.7 Å². The zero-order valence-electron chi connectivity index (χ0n) is 16.3. The molecule has 1 aliphatic rings. The summed E-state index contributed by atoms with van der Waals surface area (Å²) < 4.78 is 28.7. The fourth-order valence-electron chi connectivity index (χ4n) is 2.71. The number of carbonyl (C=O) groups is 2. The summed E-state index contributed by atoms with van der Waals surface area (Å²) >= 11 is 0. The molecule has 0 radical (unpaired) electrons. The molecule has 1 atom stereocenters. The van der Waals surface area contributed by atoms with Crippen LogP contribution < -0.4 is 10.4 Å². The zero-order valence-corrected chi connectivity index (χ0v) is 17.3. The molecule has 8 nitrogen and oxygen atoms in total. The number of carbonyl (C=O) groups excluding carboxylic acids is 2. The number of nitrogens with one attached hydrogen (secondary N) is 2. The summed E-state index contributed by atoms with van der Waals surface area (Å²) in [6.45, 7) is 4.17. The molecule has 28 heavy (non-hydrogen) atoms. The van der Waals surface area contributed by atoms with Crippen LogP contribution in [0.4, 0.5) is 4.39 Å².